The Morgan fingerprint density at radius 3 is 2.43 bits per heavy atom. The van der Waals surface area contributed by atoms with Crippen LogP contribution in [0.2, 0.25) is 0 Å². The molecule has 0 spiro atoms. The van der Waals surface area contributed by atoms with Crippen LogP contribution < -0.4 is 0 Å². The molecule has 0 bridgehead atoms. The van der Waals surface area contributed by atoms with E-state index in [-0.39, 0.29) is 0 Å². The van der Waals surface area contributed by atoms with Crippen molar-refractivity contribution in [2.75, 3.05) is 0 Å². The zero-order valence-electron chi connectivity index (χ0n) is 6.44. The van der Waals surface area contributed by atoms with Crippen molar-refractivity contribution in [3.63, 3.8) is 0 Å². The fourth-order valence-corrected chi connectivity index (χ4v) is 1.26. The number of hydrogen-bond donors (Lipinski definition) is 1. The zero-order valence-corrected chi connectivity index (χ0v) is 7.25. The van der Waals surface area contributed by atoms with Gasteiger partial charge in [0.05, 0.1) is 11.0 Å². The van der Waals surface area contributed by atoms with Gasteiger partial charge in [0.1, 0.15) is 4.90 Å². The molecule has 0 fully saturated rings. The Balaban J connectivity index is 3.43. The molecule has 0 saturated heterocycles. The summed E-state index contributed by atoms with van der Waals surface area (Å²) < 4.78 is 44.3. The molecular weight excluding hydrogens is 220 g/mol. The van der Waals surface area contributed by atoms with Crippen molar-refractivity contribution < 1.29 is 22.5 Å². The summed E-state index contributed by atoms with van der Waals surface area (Å²) in [7, 11) is 0. The number of hydrogen-bond acceptors (Lipinski definition) is 3. The largest absolute Gasteiger partial charge is 0.302 e. The molecule has 1 N–H and O–H groups in total. The van der Waals surface area contributed by atoms with Gasteiger partial charge in [-0.15, -0.1) is 0 Å². The summed E-state index contributed by atoms with van der Waals surface area (Å²) in [5.41, 5.74) is -0.777. The van der Waals surface area contributed by atoms with E-state index in [1.165, 1.54) is 0 Å². The second-order valence-corrected chi connectivity index (χ2v) is 3.18. The minimum atomic E-state index is -2.80. The Morgan fingerprint density at radius 2 is 2.00 bits per heavy atom. The van der Waals surface area contributed by atoms with Gasteiger partial charge in [-0.3, -0.25) is 10.1 Å². The third kappa shape index (κ3) is 1.91. The molecule has 8 heteroatoms. The van der Waals surface area contributed by atoms with E-state index in [1.807, 2.05) is 0 Å². The van der Waals surface area contributed by atoms with Gasteiger partial charge in [0, 0.05) is 6.07 Å². The Bertz CT molecular complexity index is 423. The van der Waals surface area contributed by atoms with E-state index in [0.29, 0.717) is 12.1 Å². The topological polar surface area (TPSA) is 80.4 Å². The molecule has 1 unspecified atom stereocenters. The van der Waals surface area contributed by atoms with Crippen molar-refractivity contribution in [1.82, 2.24) is 0 Å². The molecule has 1 aromatic rings. The van der Waals surface area contributed by atoms with Gasteiger partial charge < -0.3 is 4.55 Å². The summed E-state index contributed by atoms with van der Waals surface area (Å²) in [5.74, 6) is -3.09. The summed E-state index contributed by atoms with van der Waals surface area (Å²) in [6, 6.07) is 0.847. The number of benzene rings is 1. The molecule has 1 rings (SSSR count). The first-order valence-corrected chi connectivity index (χ1v) is 4.28. The van der Waals surface area contributed by atoms with Gasteiger partial charge >= 0.3 is 0 Å². The highest BCUT2D eigenvalue weighted by atomic mass is 32.2. The average molecular weight is 223 g/mol. The molecule has 0 amide bonds. The minimum absolute atomic E-state index is 0.339. The summed E-state index contributed by atoms with van der Waals surface area (Å²) in [5, 5.41) is 10.2. The molecule has 14 heavy (non-hydrogen) atoms. The summed E-state index contributed by atoms with van der Waals surface area (Å²) in [6.07, 6.45) is 0. The molecule has 0 aliphatic carbocycles. The smallest absolute Gasteiger partial charge is 0.273 e. The monoisotopic (exact) mass is 223 g/mol. The summed E-state index contributed by atoms with van der Waals surface area (Å²) >= 11 is -2.80. The van der Waals surface area contributed by atoms with Gasteiger partial charge in [0.2, 0.25) is 0 Å². The van der Waals surface area contributed by atoms with Crippen LogP contribution in [0.5, 0.6) is 0 Å². The molecule has 0 aliphatic heterocycles. The van der Waals surface area contributed by atoms with Crippen LogP contribution in [-0.4, -0.2) is 13.7 Å². The second kappa shape index (κ2) is 3.76. The number of nitrogens with zero attached hydrogens (tertiary/aromatic N) is 1. The van der Waals surface area contributed by atoms with E-state index in [2.05, 4.69) is 0 Å². The molecule has 0 aromatic heterocycles. The van der Waals surface area contributed by atoms with Crippen molar-refractivity contribution in [2.45, 2.75) is 4.90 Å². The van der Waals surface area contributed by atoms with E-state index in [1.54, 1.807) is 0 Å². The SMILES string of the molecule is O=[N+]([O-])c1cc(F)c(F)c(S(=O)O)c1. The van der Waals surface area contributed by atoms with Gasteiger partial charge in [-0.25, -0.2) is 13.0 Å². The molecule has 0 heterocycles. The lowest BCUT2D eigenvalue weighted by atomic mass is 10.3. The maximum absolute atomic E-state index is 12.7. The Kier molecular flexibility index (Phi) is 2.87. The van der Waals surface area contributed by atoms with E-state index < -0.39 is 38.2 Å². The lowest BCUT2D eigenvalue weighted by Gasteiger charge is -1.98. The quantitative estimate of drug-likeness (QED) is 0.467. The lowest BCUT2D eigenvalue weighted by molar-refractivity contribution is -0.385. The molecule has 0 aliphatic rings. The lowest BCUT2D eigenvalue weighted by Crippen LogP contribution is -1.99. The number of halogens is 2. The molecule has 1 atom stereocenters. The van der Waals surface area contributed by atoms with Gasteiger partial charge in [-0.05, 0) is 0 Å². The second-order valence-electron chi connectivity index (χ2n) is 2.25. The van der Waals surface area contributed by atoms with E-state index in [9.17, 15) is 23.1 Å². The molecule has 0 saturated carbocycles. The first-order valence-electron chi connectivity index (χ1n) is 3.17. The molecule has 1 aromatic carbocycles. The third-order valence-electron chi connectivity index (χ3n) is 1.38. The molecular formula is C6H3F2NO4S. The number of rotatable bonds is 2. The van der Waals surface area contributed by atoms with Gasteiger partial charge in [0.15, 0.2) is 22.7 Å². The highest BCUT2D eigenvalue weighted by molar-refractivity contribution is 7.79. The zero-order chi connectivity index (χ0) is 10.9. The van der Waals surface area contributed by atoms with Crippen molar-refractivity contribution in [3.8, 4) is 0 Å². The van der Waals surface area contributed by atoms with Gasteiger partial charge in [-0.2, -0.15) is 0 Å². The van der Waals surface area contributed by atoms with E-state index in [0.717, 1.165) is 0 Å². The highest BCUT2D eigenvalue weighted by Gasteiger charge is 2.19. The van der Waals surface area contributed by atoms with Crippen molar-refractivity contribution in [3.05, 3.63) is 33.9 Å². The predicted octanol–water partition coefficient (Wildman–Crippen LogP) is 1.45. The summed E-state index contributed by atoms with van der Waals surface area (Å²) in [4.78, 5) is 8.24. The van der Waals surface area contributed by atoms with Crippen LogP contribution in [0.15, 0.2) is 17.0 Å². The standard InChI is InChI=1S/C6H3F2NO4S/c7-4-1-3(9(10)11)2-5(6(4)8)14(12)13/h1-2H,(H,12,13). The third-order valence-corrected chi connectivity index (χ3v) is 2.05. The number of nitro groups is 1. The Morgan fingerprint density at radius 1 is 1.43 bits per heavy atom. The van der Waals surface area contributed by atoms with E-state index in [4.69, 9.17) is 4.55 Å². The van der Waals surface area contributed by atoms with Gasteiger partial charge in [-0.1, -0.05) is 0 Å². The highest BCUT2D eigenvalue weighted by Crippen LogP contribution is 2.22. The molecule has 0 radical (unpaired) electrons. The van der Waals surface area contributed by atoms with Crippen LogP contribution in [0, 0.1) is 21.7 Å². The maximum Gasteiger partial charge on any atom is 0.273 e. The van der Waals surface area contributed by atoms with Crippen LogP contribution in [0.1, 0.15) is 0 Å². The van der Waals surface area contributed by atoms with Crippen LogP contribution in [-0.2, 0) is 11.1 Å². The maximum atomic E-state index is 12.7. The van der Waals surface area contributed by atoms with E-state index >= 15 is 0 Å². The summed E-state index contributed by atoms with van der Waals surface area (Å²) in [6.45, 7) is 0. The molecule has 76 valence electrons. The Hall–Kier alpha value is -1.41. The Labute approximate surface area is 78.8 Å². The van der Waals surface area contributed by atoms with Crippen molar-refractivity contribution in [2.24, 2.45) is 0 Å². The number of non-ortho nitro benzene ring substituents is 1. The van der Waals surface area contributed by atoms with Crippen molar-refractivity contribution in [1.29, 1.82) is 0 Å². The van der Waals surface area contributed by atoms with Gasteiger partial charge in [0.25, 0.3) is 5.69 Å². The fraction of sp³-hybridized carbons (Fsp3) is 0. The molecule has 5 nitrogen and oxygen atoms in total. The first-order chi connectivity index (χ1) is 6.43. The van der Waals surface area contributed by atoms with Crippen LogP contribution in [0.4, 0.5) is 14.5 Å². The average Bonchev–Trinajstić information content (AvgIpc) is 2.08. The van der Waals surface area contributed by atoms with Crippen LogP contribution in [0.25, 0.3) is 0 Å². The van der Waals surface area contributed by atoms with Crippen LogP contribution in [0.3, 0.4) is 0 Å². The predicted molar refractivity (Wildman–Crippen MR) is 42.0 cm³/mol. The minimum Gasteiger partial charge on any atom is -0.302 e. The fourth-order valence-electron chi connectivity index (χ4n) is 0.783. The first kappa shape index (κ1) is 10.7. The van der Waals surface area contributed by atoms with Crippen LogP contribution >= 0.6 is 0 Å². The normalized spacial score (nSPS) is 12.5. The number of nitro benzene ring substituents is 1. The van der Waals surface area contributed by atoms with Crippen molar-refractivity contribution >= 4 is 16.8 Å².